The largest absolute Gasteiger partial charge is 0.486 e. The number of fused-ring (bicyclic) bond motifs is 4. The Morgan fingerprint density at radius 3 is 2.71 bits per heavy atom. The fourth-order valence-corrected chi connectivity index (χ4v) is 4.85. The van der Waals surface area contributed by atoms with E-state index >= 15 is 0 Å². The SMILES string of the molecule is CC(=O)N(Cc1ccc2c(c1)OCO2)[C@@H]1C=C(C(=O)NCCO)[C@@H]2c3ccccc3O[C@@H]2[C@H]1O. The molecule has 5 rings (SSSR count). The summed E-state index contributed by atoms with van der Waals surface area (Å²) in [5.74, 6) is 0.719. The van der Waals surface area contributed by atoms with Crippen molar-refractivity contribution in [2.75, 3.05) is 19.9 Å². The number of hydrogen-bond acceptors (Lipinski definition) is 7. The molecule has 0 saturated carbocycles. The van der Waals surface area contributed by atoms with Crippen molar-refractivity contribution in [2.45, 2.75) is 37.6 Å². The van der Waals surface area contributed by atoms with Crippen LogP contribution in [0.1, 0.15) is 24.0 Å². The molecule has 9 heteroatoms. The zero-order valence-electron chi connectivity index (χ0n) is 18.6. The highest BCUT2D eigenvalue weighted by atomic mass is 16.7. The number of carbonyl (C=O) groups is 2. The summed E-state index contributed by atoms with van der Waals surface area (Å²) in [6.07, 6.45) is -0.149. The normalized spacial score (nSPS) is 23.9. The number of rotatable bonds is 6. The number of carbonyl (C=O) groups excluding carboxylic acids is 2. The molecule has 0 saturated heterocycles. The van der Waals surface area contributed by atoms with E-state index in [1.807, 2.05) is 24.3 Å². The lowest BCUT2D eigenvalue weighted by atomic mass is 9.77. The molecule has 0 fully saturated rings. The van der Waals surface area contributed by atoms with E-state index < -0.39 is 24.2 Å². The molecule has 0 unspecified atom stereocenters. The summed E-state index contributed by atoms with van der Waals surface area (Å²) in [6, 6.07) is 12.0. The quantitative estimate of drug-likeness (QED) is 0.583. The van der Waals surface area contributed by atoms with E-state index in [2.05, 4.69) is 5.32 Å². The number of amides is 2. The fourth-order valence-electron chi connectivity index (χ4n) is 4.85. The molecule has 2 aromatic rings. The minimum absolute atomic E-state index is 0.0942. The Kier molecular flexibility index (Phi) is 5.89. The fraction of sp³-hybridized carbons (Fsp3) is 0.360. The number of aliphatic hydroxyl groups is 2. The van der Waals surface area contributed by atoms with E-state index in [0.717, 1.165) is 11.1 Å². The molecule has 0 spiro atoms. The molecule has 2 amide bonds. The molecule has 0 aromatic heterocycles. The second kappa shape index (κ2) is 9.00. The van der Waals surface area contributed by atoms with Crippen LogP contribution in [0.4, 0.5) is 0 Å². The van der Waals surface area contributed by atoms with Crippen molar-refractivity contribution in [2.24, 2.45) is 0 Å². The first kappa shape index (κ1) is 22.2. The molecule has 2 heterocycles. The first-order chi connectivity index (χ1) is 16.5. The van der Waals surface area contributed by atoms with Gasteiger partial charge in [0.25, 0.3) is 0 Å². The molecule has 1 aliphatic carbocycles. The standard InChI is InChI=1S/C25H26N2O7/c1-14(29)27(12-15-6-7-20-21(10-15)33-13-32-20)18-11-17(25(31)26-8-9-28)22-16-4-2-3-5-19(16)34-24(22)23(18)30/h2-7,10-11,18,22-24,28,30H,8-9,12-13H2,1H3,(H,26,31)/t18-,22+,23+,24+/m1/s1. The molecule has 178 valence electrons. The second-order valence-corrected chi connectivity index (χ2v) is 8.52. The number of para-hydroxylation sites is 1. The van der Waals surface area contributed by atoms with Gasteiger partial charge in [0.2, 0.25) is 18.6 Å². The predicted octanol–water partition coefficient (Wildman–Crippen LogP) is 1.09. The molecular weight excluding hydrogens is 440 g/mol. The molecule has 4 atom stereocenters. The lowest BCUT2D eigenvalue weighted by molar-refractivity contribution is -0.135. The highest BCUT2D eigenvalue weighted by Gasteiger charge is 2.50. The molecule has 2 aromatic carbocycles. The Morgan fingerprint density at radius 1 is 1.12 bits per heavy atom. The highest BCUT2D eigenvalue weighted by molar-refractivity contribution is 5.96. The van der Waals surface area contributed by atoms with Crippen LogP contribution in [0.2, 0.25) is 0 Å². The Labute approximate surface area is 196 Å². The first-order valence-corrected chi connectivity index (χ1v) is 11.2. The van der Waals surface area contributed by atoms with E-state index in [9.17, 15) is 19.8 Å². The van der Waals surface area contributed by atoms with Gasteiger partial charge in [0.15, 0.2) is 11.5 Å². The van der Waals surface area contributed by atoms with E-state index in [0.29, 0.717) is 22.8 Å². The van der Waals surface area contributed by atoms with Crippen LogP contribution in [0, 0.1) is 0 Å². The Morgan fingerprint density at radius 2 is 1.91 bits per heavy atom. The molecule has 34 heavy (non-hydrogen) atoms. The molecule has 0 radical (unpaired) electrons. The molecule has 2 aliphatic heterocycles. The van der Waals surface area contributed by atoms with Crippen molar-refractivity contribution in [3.05, 3.63) is 65.2 Å². The van der Waals surface area contributed by atoms with Crippen molar-refractivity contribution in [1.82, 2.24) is 10.2 Å². The number of hydrogen-bond donors (Lipinski definition) is 3. The average Bonchev–Trinajstić information content (AvgIpc) is 3.46. The summed E-state index contributed by atoms with van der Waals surface area (Å²) in [7, 11) is 0. The summed E-state index contributed by atoms with van der Waals surface area (Å²) in [5, 5.41) is 23.2. The minimum atomic E-state index is -1.07. The number of nitrogens with zero attached hydrogens (tertiary/aromatic N) is 1. The van der Waals surface area contributed by atoms with E-state index in [1.165, 1.54) is 11.8 Å². The van der Waals surface area contributed by atoms with Crippen molar-refractivity contribution < 1.29 is 34.0 Å². The Hall–Kier alpha value is -3.56. The van der Waals surface area contributed by atoms with Crippen molar-refractivity contribution >= 4 is 11.8 Å². The van der Waals surface area contributed by atoms with Crippen LogP contribution in [-0.4, -0.2) is 65.1 Å². The van der Waals surface area contributed by atoms with Gasteiger partial charge >= 0.3 is 0 Å². The van der Waals surface area contributed by atoms with E-state index in [4.69, 9.17) is 14.2 Å². The first-order valence-electron chi connectivity index (χ1n) is 11.2. The predicted molar refractivity (Wildman–Crippen MR) is 120 cm³/mol. The molecule has 9 nitrogen and oxygen atoms in total. The van der Waals surface area contributed by atoms with Crippen LogP contribution in [0.25, 0.3) is 0 Å². The van der Waals surface area contributed by atoms with Crippen LogP contribution < -0.4 is 19.5 Å². The van der Waals surface area contributed by atoms with Gasteiger partial charge in [-0.25, -0.2) is 0 Å². The van der Waals surface area contributed by atoms with E-state index in [1.54, 1.807) is 24.3 Å². The minimum Gasteiger partial charge on any atom is -0.486 e. The smallest absolute Gasteiger partial charge is 0.247 e. The second-order valence-electron chi connectivity index (χ2n) is 8.52. The topological polar surface area (TPSA) is 118 Å². The summed E-state index contributed by atoms with van der Waals surface area (Å²) < 4.78 is 16.9. The highest BCUT2D eigenvalue weighted by Crippen LogP contribution is 2.47. The molecular formula is C25H26N2O7. The Balaban J connectivity index is 1.51. The number of aliphatic hydroxyl groups excluding tert-OH is 2. The van der Waals surface area contributed by atoms with Gasteiger partial charge < -0.3 is 34.6 Å². The third-order valence-electron chi connectivity index (χ3n) is 6.43. The van der Waals surface area contributed by atoms with Crippen LogP contribution in [0.5, 0.6) is 17.2 Å². The molecule has 0 bridgehead atoms. The third-order valence-corrected chi connectivity index (χ3v) is 6.43. The van der Waals surface area contributed by atoms with Crippen molar-refractivity contribution in [1.29, 1.82) is 0 Å². The van der Waals surface area contributed by atoms with Gasteiger partial charge in [-0.1, -0.05) is 24.3 Å². The van der Waals surface area contributed by atoms with Crippen LogP contribution in [-0.2, 0) is 16.1 Å². The zero-order valence-corrected chi connectivity index (χ0v) is 18.6. The van der Waals surface area contributed by atoms with Crippen molar-refractivity contribution in [3.8, 4) is 17.2 Å². The summed E-state index contributed by atoms with van der Waals surface area (Å²) >= 11 is 0. The number of ether oxygens (including phenoxy) is 3. The van der Waals surface area contributed by atoms with Gasteiger partial charge in [-0.05, 0) is 29.8 Å². The van der Waals surface area contributed by atoms with Gasteiger partial charge in [0.1, 0.15) is 18.0 Å². The third kappa shape index (κ3) is 3.86. The number of benzene rings is 2. The lowest BCUT2D eigenvalue weighted by Crippen LogP contribution is -2.55. The average molecular weight is 466 g/mol. The molecule has 3 N–H and O–H groups in total. The monoisotopic (exact) mass is 466 g/mol. The van der Waals surface area contributed by atoms with Gasteiger partial charge in [-0.15, -0.1) is 0 Å². The summed E-state index contributed by atoms with van der Waals surface area (Å²) in [6.45, 7) is 1.66. The van der Waals surface area contributed by atoms with Crippen molar-refractivity contribution in [3.63, 3.8) is 0 Å². The van der Waals surface area contributed by atoms with Gasteiger partial charge in [-0.3, -0.25) is 9.59 Å². The van der Waals surface area contributed by atoms with Crippen LogP contribution in [0.15, 0.2) is 54.1 Å². The molecule has 3 aliphatic rings. The zero-order chi connectivity index (χ0) is 23.8. The van der Waals surface area contributed by atoms with Gasteiger partial charge in [-0.2, -0.15) is 0 Å². The van der Waals surface area contributed by atoms with Gasteiger partial charge in [0.05, 0.1) is 18.6 Å². The summed E-state index contributed by atoms with van der Waals surface area (Å²) in [5.41, 5.74) is 2.00. The maximum Gasteiger partial charge on any atom is 0.247 e. The maximum atomic E-state index is 13.1. The van der Waals surface area contributed by atoms with Crippen LogP contribution in [0.3, 0.4) is 0 Å². The van der Waals surface area contributed by atoms with Crippen LogP contribution >= 0.6 is 0 Å². The Bertz CT molecular complexity index is 1150. The number of nitrogens with one attached hydrogen (secondary N) is 1. The lowest BCUT2D eigenvalue weighted by Gasteiger charge is -2.40. The van der Waals surface area contributed by atoms with Gasteiger partial charge in [0, 0.05) is 31.1 Å². The maximum absolute atomic E-state index is 13.1. The van der Waals surface area contributed by atoms with E-state index in [-0.39, 0.29) is 38.3 Å². The summed E-state index contributed by atoms with van der Waals surface area (Å²) in [4.78, 5) is 27.3.